The minimum atomic E-state index is -0.387. The molecule has 0 aliphatic carbocycles. The van der Waals surface area contributed by atoms with Crippen molar-refractivity contribution in [3.05, 3.63) is 15.8 Å². The second-order valence-electron chi connectivity index (χ2n) is 5.40. The third kappa shape index (κ3) is 3.44. The number of nitrogens with one attached hydrogen (secondary N) is 1. The van der Waals surface area contributed by atoms with Gasteiger partial charge in [0, 0.05) is 13.6 Å². The zero-order valence-corrected chi connectivity index (χ0v) is 11.1. The molecule has 1 heterocycles. The Morgan fingerprint density at radius 1 is 1.47 bits per heavy atom. The van der Waals surface area contributed by atoms with Crippen LogP contribution in [0.1, 0.15) is 32.9 Å². The molecule has 0 saturated heterocycles. The number of anilines is 1. The van der Waals surface area contributed by atoms with Crippen molar-refractivity contribution in [1.82, 2.24) is 9.78 Å². The molecule has 0 unspecified atom stereocenters. The fourth-order valence-electron chi connectivity index (χ4n) is 1.62. The van der Waals surface area contributed by atoms with Crippen LogP contribution >= 0.6 is 0 Å². The minimum absolute atomic E-state index is 0.0707. The highest BCUT2D eigenvalue weighted by molar-refractivity contribution is 5.59. The normalized spacial score (nSPS) is 11.6. The number of aryl methyl sites for hydroxylation is 2. The van der Waals surface area contributed by atoms with Gasteiger partial charge in [-0.2, -0.15) is 5.10 Å². The molecule has 1 N–H and O–H groups in total. The number of nitro groups is 1. The van der Waals surface area contributed by atoms with Crippen LogP contribution in [-0.4, -0.2) is 21.2 Å². The average molecular weight is 240 g/mol. The van der Waals surface area contributed by atoms with Crippen LogP contribution in [0.25, 0.3) is 0 Å². The molecule has 0 spiro atoms. The van der Waals surface area contributed by atoms with E-state index in [-0.39, 0.29) is 16.0 Å². The van der Waals surface area contributed by atoms with Crippen molar-refractivity contribution >= 4 is 11.5 Å². The van der Waals surface area contributed by atoms with Crippen molar-refractivity contribution in [3.8, 4) is 0 Å². The van der Waals surface area contributed by atoms with Crippen molar-refractivity contribution in [3.63, 3.8) is 0 Å². The standard InChI is InChI=1S/C11H20N4O2/c1-8-9(15(16)17)10(14(5)13-8)12-7-6-11(2,3)4/h12H,6-7H2,1-5H3. The molecule has 17 heavy (non-hydrogen) atoms. The molecule has 0 aliphatic heterocycles. The van der Waals surface area contributed by atoms with Crippen LogP contribution in [-0.2, 0) is 7.05 Å². The quantitative estimate of drug-likeness (QED) is 0.648. The molecule has 0 aliphatic rings. The molecule has 0 fully saturated rings. The molecule has 6 heteroatoms. The molecule has 96 valence electrons. The molecule has 1 aromatic rings. The van der Waals surface area contributed by atoms with E-state index in [0.717, 1.165) is 6.42 Å². The van der Waals surface area contributed by atoms with Gasteiger partial charge in [0.2, 0.25) is 5.82 Å². The van der Waals surface area contributed by atoms with Crippen LogP contribution < -0.4 is 5.32 Å². The van der Waals surface area contributed by atoms with Crippen LogP contribution in [0.2, 0.25) is 0 Å². The summed E-state index contributed by atoms with van der Waals surface area (Å²) in [4.78, 5) is 10.5. The predicted octanol–water partition coefficient (Wildman–Crippen LogP) is 2.48. The maximum atomic E-state index is 10.9. The third-order valence-electron chi connectivity index (χ3n) is 2.54. The first-order valence-electron chi connectivity index (χ1n) is 5.64. The van der Waals surface area contributed by atoms with Crippen molar-refractivity contribution in [1.29, 1.82) is 0 Å². The smallest absolute Gasteiger partial charge is 0.333 e. The molecule has 0 radical (unpaired) electrons. The lowest BCUT2D eigenvalue weighted by molar-refractivity contribution is -0.384. The molecular weight excluding hydrogens is 220 g/mol. The van der Waals surface area contributed by atoms with Gasteiger partial charge in [0.1, 0.15) is 5.69 Å². The van der Waals surface area contributed by atoms with Gasteiger partial charge in [-0.25, -0.2) is 4.68 Å². The van der Waals surface area contributed by atoms with E-state index in [1.165, 1.54) is 4.68 Å². The van der Waals surface area contributed by atoms with E-state index in [2.05, 4.69) is 31.2 Å². The zero-order chi connectivity index (χ0) is 13.2. The van der Waals surface area contributed by atoms with Crippen LogP contribution in [0.5, 0.6) is 0 Å². The summed E-state index contributed by atoms with van der Waals surface area (Å²) in [5.74, 6) is 0.483. The second-order valence-corrected chi connectivity index (χ2v) is 5.40. The van der Waals surface area contributed by atoms with Crippen molar-refractivity contribution in [2.45, 2.75) is 34.1 Å². The first-order valence-corrected chi connectivity index (χ1v) is 5.64. The number of rotatable bonds is 4. The molecule has 0 bridgehead atoms. The highest BCUT2D eigenvalue weighted by Gasteiger charge is 2.23. The monoisotopic (exact) mass is 240 g/mol. The Morgan fingerprint density at radius 3 is 2.53 bits per heavy atom. The number of hydrogen-bond donors (Lipinski definition) is 1. The van der Waals surface area contributed by atoms with E-state index < -0.39 is 0 Å². The Labute approximate surface area is 101 Å². The van der Waals surface area contributed by atoms with E-state index in [1.807, 2.05) is 0 Å². The van der Waals surface area contributed by atoms with Gasteiger partial charge in [-0.3, -0.25) is 10.1 Å². The third-order valence-corrected chi connectivity index (χ3v) is 2.54. The molecule has 1 aromatic heterocycles. The zero-order valence-electron chi connectivity index (χ0n) is 11.1. The summed E-state index contributed by atoms with van der Waals surface area (Å²) < 4.78 is 1.52. The lowest BCUT2D eigenvalue weighted by Crippen LogP contribution is -2.15. The average Bonchev–Trinajstić information content (AvgIpc) is 2.39. The predicted molar refractivity (Wildman–Crippen MR) is 67.2 cm³/mol. The SMILES string of the molecule is Cc1nn(C)c(NCCC(C)(C)C)c1[N+](=O)[O-]. The van der Waals surface area contributed by atoms with Gasteiger partial charge in [-0.05, 0) is 18.8 Å². The highest BCUT2D eigenvalue weighted by Crippen LogP contribution is 2.28. The molecule has 0 saturated carbocycles. The maximum absolute atomic E-state index is 10.9. The van der Waals surface area contributed by atoms with Gasteiger partial charge in [0.15, 0.2) is 0 Å². The van der Waals surface area contributed by atoms with Gasteiger partial charge in [0.25, 0.3) is 0 Å². The lowest BCUT2D eigenvalue weighted by Gasteiger charge is -2.18. The van der Waals surface area contributed by atoms with Crippen LogP contribution in [0.4, 0.5) is 11.5 Å². The van der Waals surface area contributed by atoms with E-state index in [9.17, 15) is 10.1 Å². The van der Waals surface area contributed by atoms with Crippen molar-refractivity contribution in [2.24, 2.45) is 12.5 Å². The number of hydrogen-bond acceptors (Lipinski definition) is 4. The largest absolute Gasteiger partial charge is 0.365 e. The van der Waals surface area contributed by atoms with E-state index in [1.54, 1.807) is 14.0 Å². The summed E-state index contributed by atoms with van der Waals surface area (Å²) in [6, 6.07) is 0. The first kappa shape index (κ1) is 13.5. The minimum Gasteiger partial charge on any atom is -0.365 e. The topological polar surface area (TPSA) is 73.0 Å². The van der Waals surface area contributed by atoms with Crippen molar-refractivity contribution in [2.75, 3.05) is 11.9 Å². The molecule has 0 atom stereocenters. The molecule has 1 rings (SSSR count). The van der Waals surface area contributed by atoms with Crippen LogP contribution in [0.15, 0.2) is 0 Å². The molecule has 0 aromatic carbocycles. The Morgan fingerprint density at radius 2 is 2.06 bits per heavy atom. The number of nitrogens with zero attached hydrogens (tertiary/aromatic N) is 3. The molecule has 0 amide bonds. The van der Waals surface area contributed by atoms with Gasteiger partial charge >= 0.3 is 5.69 Å². The van der Waals surface area contributed by atoms with Crippen LogP contribution in [0.3, 0.4) is 0 Å². The van der Waals surface area contributed by atoms with Gasteiger partial charge < -0.3 is 5.32 Å². The summed E-state index contributed by atoms with van der Waals surface area (Å²) in [7, 11) is 1.71. The summed E-state index contributed by atoms with van der Waals surface area (Å²) in [5.41, 5.74) is 0.715. The maximum Gasteiger partial charge on any atom is 0.333 e. The molecular formula is C11H20N4O2. The fraction of sp³-hybridized carbons (Fsp3) is 0.727. The van der Waals surface area contributed by atoms with Crippen molar-refractivity contribution < 1.29 is 4.92 Å². The van der Waals surface area contributed by atoms with Crippen LogP contribution in [0, 0.1) is 22.5 Å². The first-order chi connectivity index (χ1) is 7.72. The summed E-state index contributed by atoms with van der Waals surface area (Å²) in [6.07, 6.45) is 0.939. The summed E-state index contributed by atoms with van der Waals surface area (Å²) in [5, 5.41) is 18.1. The summed E-state index contributed by atoms with van der Waals surface area (Å²) in [6.45, 7) is 8.75. The summed E-state index contributed by atoms with van der Waals surface area (Å²) >= 11 is 0. The highest BCUT2D eigenvalue weighted by atomic mass is 16.6. The fourth-order valence-corrected chi connectivity index (χ4v) is 1.62. The second kappa shape index (κ2) is 4.73. The van der Waals surface area contributed by atoms with Gasteiger partial charge in [0.05, 0.1) is 4.92 Å². The van der Waals surface area contributed by atoms with E-state index in [4.69, 9.17) is 0 Å². The Bertz CT molecular complexity index is 418. The van der Waals surface area contributed by atoms with Gasteiger partial charge in [-0.15, -0.1) is 0 Å². The van der Waals surface area contributed by atoms with E-state index >= 15 is 0 Å². The van der Waals surface area contributed by atoms with Gasteiger partial charge in [-0.1, -0.05) is 20.8 Å². The Balaban J connectivity index is 2.80. The molecule has 6 nitrogen and oxygen atoms in total. The Kier molecular flexibility index (Phi) is 3.75. The van der Waals surface area contributed by atoms with E-state index in [0.29, 0.717) is 18.1 Å². The Hall–Kier alpha value is -1.59. The lowest BCUT2D eigenvalue weighted by atomic mass is 9.92. The number of aromatic nitrogens is 2.